The number of carbonyl (C=O) groups is 2. The molecule has 2 aliphatic rings. The number of aromatic amines is 1. The number of hydrogen-bond donors (Lipinski definition) is 3. The third kappa shape index (κ3) is 2.44. The number of anilines is 1. The lowest BCUT2D eigenvalue weighted by Crippen LogP contribution is -2.19. The lowest BCUT2D eigenvalue weighted by atomic mass is 9.97. The highest BCUT2D eigenvalue weighted by atomic mass is 32.2. The maximum atomic E-state index is 12.4. The van der Waals surface area contributed by atoms with Crippen molar-refractivity contribution in [1.29, 1.82) is 0 Å². The van der Waals surface area contributed by atoms with E-state index in [9.17, 15) is 18.0 Å². The van der Waals surface area contributed by atoms with Gasteiger partial charge >= 0.3 is 5.97 Å². The first-order chi connectivity index (χ1) is 12.3. The Balaban J connectivity index is 1.92. The molecule has 0 atom stereocenters. The van der Waals surface area contributed by atoms with Crippen molar-refractivity contribution in [1.82, 2.24) is 4.98 Å². The van der Waals surface area contributed by atoms with Crippen LogP contribution in [0.5, 0.6) is 0 Å². The van der Waals surface area contributed by atoms with Crippen LogP contribution in [-0.4, -0.2) is 37.0 Å². The summed E-state index contributed by atoms with van der Waals surface area (Å²) in [5.74, 6) is -1.47. The Kier molecular flexibility index (Phi) is 3.53. The molecular formula is C17H14N2O6S. The molecule has 9 heteroatoms. The number of aryl methyl sites for hydroxylation is 1. The molecule has 0 fully saturated rings. The van der Waals surface area contributed by atoms with Crippen LogP contribution in [0.4, 0.5) is 5.69 Å². The molecule has 0 spiro atoms. The van der Waals surface area contributed by atoms with Gasteiger partial charge in [-0.1, -0.05) is 0 Å². The van der Waals surface area contributed by atoms with Gasteiger partial charge in [-0.05, 0) is 48.7 Å². The smallest absolute Gasteiger partial charge is 0.352 e. The van der Waals surface area contributed by atoms with Crippen LogP contribution in [-0.2, 0) is 25.5 Å². The Morgan fingerprint density at radius 2 is 2.12 bits per heavy atom. The van der Waals surface area contributed by atoms with Crippen molar-refractivity contribution in [2.24, 2.45) is 0 Å². The Morgan fingerprint density at radius 1 is 1.35 bits per heavy atom. The van der Waals surface area contributed by atoms with E-state index in [1.165, 1.54) is 18.2 Å². The van der Waals surface area contributed by atoms with Gasteiger partial charge in [0.1, 0.15) is 5.69 Å². The van der Waals surface area contributed by atoms with Crippen molar-refractivity contribution >= 4 is 39.3 Å². The number of fused-ring (bicyclic) bond motifs is 3. The second-order valence-corrected chi connectivity index (χ2v) is 7.67. The molecule has 0 saturated carbocycles. The van der Waals surface area contributed by atoms with Crippen LogP contribution in [0.2, 0.25) is 0 Å². The Labute approximate surface area is 148 Å². The van der Waals surface area contributed by atoms with Gasteiger partial charge in [0.15, 0.2) is 0 Å². The number of H-pyrrole nitrogens is 1. The van der Waals surface area contributed by atoms with E-state index in [0.29, 0.717) is 34.5 Å². The molecule has 0 bridgehead atoms. The highest BCUT2D eigenvalue weighted by Crippen LogP contribution is 2.40. The normalized spacial score (nSPS) is 19.1. The van der Waals surface area contributed by atoms with E-state index in [1.54, 1.807) is 13.0 Å². The summed E-state index contributed by atoms with van der Waals surface area (Å²) in [6, 6.07) is 4.43. The van der Waals surface area contributed by atoms with Gasteiger partial charge in [-0.2, -0.15) is 8.42 Å². The summed E-state index contributed by atoms with van der Waals surface area (Å²) in [4.78, 5) is 26.4. The molecule has 0 aliphatic carbocycles. The van der Waals surface area contributed by atoms with E-state index in [2.05, 4.69) is 10.3 Å². The minimum Gasteiger partial charge on any atom is -0.477 e. The first-order valence-electron chi connectivity index (χ1n) is 7.79. The van der Waals surface area contributed by atoms with Crippen LogP contribution in [0.3, 0.4) is 0 Å². The average Bonchev–Trinajstić information content (AvgIpc) is 3.08. The predicted octanol–water partition coefficient (Wildman–Crippen LogP) is 1.78. The first-order valence-corrected chi connectivity index (χ1v) is 9.20. The SMILES string of the molecule is Cc1cc(C(=O)O)[nH]c1/C=C1\C(=O)Nc2ccc3c(c21)CCOS3(=O)=O. The molecule has 2 aromatic rings. The molecule has 26 heavy (non-hydrogen) atoms. The molecule has 1 aromatic carbocycles. The molecule has 0 radical (unpaired) electrons. The Morgan fingerprint density at radius 3 is 2.81 bits per heavy atom. The second-order valence-electron chi connectivity index (χ2n) is 6.09. The van der Waals surface area contributed by atoms with E-state index in [0.717, 1.165) is 0 Å². The molecule has 1 amide bonds. The standard InChI is InChI=1S/C17H14N2O6S/c1-8-6-13(17(21)22)18-12(8)7-10-15-9-4-5-25-26(23,24)14(9)3-2-11(15)19-16(10)20/h2-3,6-7,18H,4-5H2,1H3,(H,19,20)(H,21,22)/b10-7-. The van der Waals surface area contributed by atoms with Crippen molar-refractivity contribution in [2.45, 2.75) is 18.2 Å². The highest BCUT2D eigenvalue weighted by molar-refractivity contribution is 7.86. The summed E-state index contributed by atoms with van der Waals surface area (Å²) in [5, 5.41) is 11.8. The van der Waals surface area contributed by atoms with Gasteiger partial charge < -0.3 is 15.4 Å². The van der Waals surface area contributed by atoms with Gasteiger partial charge in [-0.25, -0.2) is 4.79 Å². The van der Waals surface area contributed by atoms with Gasteiger partial charge in [0.05, 0.1) is 17.1 Å². The Bertz CT molecular complexity index is 1110. The van der Waals surface area contributed by atoms with E-state index >= 15 is 0 Å². The van der Waals surface area contributed by atoms with E-state index in [1.807, 2.05) is 0 Å². The monoisotopic (exact) mass is 374 g/mol. The highest BCUT2D eigenvalue weighted by Gasteiger charge is 2.34. The fourth-order valence-electron chi connectivity index (χ4n) is 3.26. The fraction of sp³-hybridized carbons (Fsp3) is 0.176. The summed E-state index contributed by atoms with van der Waals surface area (Å²) in [6.07, 6.45) is 1.90. The molecule has 0 unspecified atom stereocenters. The lowest BCUT2D eigenvalue weighted by Gasteiger charge is -2.19. The summed E-state index contributed by atoms with van der Waals surface area (Å²) in [5.41, 5.74) is 3.02. The zero-order valence-electron chi connectivity index (χ0n) is 13.6. The number of carbonyl (C=O) groups excluding carboxylic acids is 1. The number of benzene rings is 1. The van der Waals surface area contributed by atoms with Crippen LogP contribution in [0.1, 0.15) is 32.9 Å². The molecule has 3 N–H and O–H groups in total. The molecular weight excluding hydrogens is 360 g/mol. The number of aromatic carboxylic acids is 1. The third-order valence-electron chi connectivity index (χ3n) is 4.47. The van der Waals surface area contributed by atoms with Crippen LogP contribution in [0.25, 0.3) is 11.6 Å². The number of nitrogens with one attached hydrogen (secondary N) is 2. The maximum Gasteiger partial charge on any atom is 0.352 e. The largest absolute Gasteiger partial charge is 0.477 e. The minimum absolute atomic E-state index is 0.0119. The maximum absolute atomic E-state index is 12.4. The molecule has 3 heterocycles. The molecule has 2 aliphatic heterocycles. The lowest BCUT2D eigenvalue weighted by molar-refractivity contribution is -0.110. The summed E-state index contributed by atoms with van der Waals surface area (Å²) in [6.45, 7) is 1.74. The number of carboxylic acid groups (broad SMARTS) is 1. The molecule has 4 rings (SSSR count). The number of hydrogen-bond acceptors (Lipinski definition) is 5. The van der Waals surface area contributed by atoms with E-state index in [4.69, 9.17) is 9.29 Å². The topological polar surface area (TPSA) is 126 Å². The van der Waals surface area contributed by atoms with Gasteiger partial charge in [-0.3, -0.25) is 8.98 Å². The number of carboxylic acids is 1. The average molecular weight is 374 g/mol. The predicted molar refractivity (Wildman–Crippen MR) is 92.3 cm³/mol. The van der Waals surface area contributed by atoms with Crippen molar-refractivity contribution in [3.63, 3.8) is 0 Å². The van der Waals surface area contributed by atoms with Gasteiger partial charge in [0.2, 0.25) is 0 Å². The molecule has 0 saturated heterocycles. The van der Waals surface area contributed by atoms with Crippen molar-refractivity contribution in [2.75, 3.05) is 11.9 Å². The van der Waals surface area contributed by atoms with E-state index in [-0.39, 0.29) is 28.7 Å². The van der Waals surface area contributed by atoms with Crippen molar-refractivity contribution in [3.8, 4) is 0 Å². The zero-order valence-corrected chi connectivity index (χ0v) is 14.4. The zero-order chi connectivity index (χ0) is 18.6. The summed E-state index contributed by atoms with van der Waals surface area (Å²) >= 11 is 0. The number of rotatable bonds is 2. The molecule has 1 aromatic heterocycles. The van der Waals surface area contributed by atoms with Gasteiger partial charge in [-0.15, -0.1) is 0 Å². The van der Waals surface area contributed by atoms with Crippen LogP contribution in [0.15, 0.2) is 23.1 Å². The van der Waals surface area contributed by atoms with Crippen LogP contribution >= 0.6 is 0 Å². The number of amides is 1. The van der Waals surface area contributed by atoms with Crippen LogP contribution < -0.4 is 5.32 Å². The Hall–Kier alpha value is -2.91. The first kappa shape index (κ1) is 16.6. The number of aromatic nitrogens is 1. The third-order valence-corrected chi connectivity index (χ3v) is 5.86. The van der Waals surface area contributed by atoms with Gasteiger partial charge in [0.25, 0.3) is 16.0 Å². The summed E-state index contributed by atoms with van der Waals surface area (Å²) < 4.78 is 29.1. The van der Waals surface area contributed by atoms with E-state index < -0.39 is 16.1 Å². The second kappa shape index (κ2) is 5.55. The minimum atomic E-state index is -3.84. The van der Waals surface area contributed by atoms with Crippen LogP contribution in [0, 0.1) is 6.92 Å². The quantitative estimate of drug-likeness (QED) is 0.543. The van der Waals surface area contributed by atoms with Crippen molar-refractivity contribution in [3.05, 3.63) is 46.3 Å². The summed E-state index contributed by atoms with van der Waals surface area (Å²) in [7, 11) is -3.84. The molecule has 134 valence electrons. The fourth-order valence-corrected chi connectivity index (χ4v) is 4.43. The molecule has 8 nitrogen and oxygen atoms in total. The van der Waals surface area contributed by atoms with Crippen molar-refractivity contribution < 1.29 is 27.3 Å². The van der Waals surface area contributed by atoms with Gasteiger partial charge in [0, 0.05) is 16.9 Å².